The number of benzene rings is 2. The van der Waals surface area contributed by atoms with Gasteiger partial charge in [0.25, 0.3) is 0 Å². The van der Waals surface area contributed by atoms with E-state index in [1.165, 1.54) is 24.3 Å². The second-order valence-electron chi connectivity index (χ2n) is 6.71. The number of para-hydroxylation sites is 1. The number of carbonyl (C=O) groups excluding carboxylic acids is 2. The van der Waals surface area contributed by atoms with Crippen LogP contribution < -0.4 is 14.9 Å². The maximum atomic E-state index is 12.6. The third-order valence-electron chi connectivity index (χ3n) is 4.67. The highest BCUT2D eigenvalue weighted by atomic mass is 32.2. The molecular formula is C20H23N3O4S. The van der Waals surface area contributed by atoms with Crippen LogP contribution in [0.3, 0.4) is 0 Å². The fraction of sp³-hybridized carbons (Fsp3) is 0.300. The monoisotopic (exact) mass is 401 g/mol. The summed E-state index contributed by atoms with van der Waals surface area (Å²) in [5, 5.41) is 2.77. The summed E-state index contributed by atoms with van der Waals surface area (Å²) in [6.45, 7) is 4.25. The Morgan fingerprint density at radius 1 is 1.14 bits per heavy atom. The Bertz CT molecular complexity index is 987. The van der Waals surface area contributed by atoms with Crippen molar-refractivity contribution in [3.8, 4) is 0 Å². The molecule has 28 heavy (non-hydrogen) atoms. The minimum absolute atomic E-state index is 0.0819. The predicted molar refractivity (Wildman–Crippen MR) is 108 cm³/mol. The van der Waals surface area contributed by atoms with E-state index in [1.54, 1.807) is 11.8 Å². The van der Waals surface area contributed by atoms with Crippen molar-refractivity contribution in [2.75, 3.05) is 23.3 Å². The lowest BCUT2D eigenvalue weighted by Crippen LogP contribution is -2.28. The predicted octanol–water partition coefficient (Wildman–Crippen LogP) is 2.28. The van der Waals surface area contributed by atoms with E-state index >= 15 is 0 Å². The summed E-state index contributed by atoms with van der Waals surface area (Å²) in [7, 11) is -3.53. The van der Waals surface area contributed by atoms with Crippen molar-refractivity contribution in [1.29, 1.82) is 0 Å². The number of aryl methyl sites for hydroxylation is 1. The van der Waals surface area contributed by atoms with Gasteiger partial charge in [0, 0.05) is 30.9 Å². The summed E-state index contributed by atoms with van der Waals surface area (Å²) in [4.78, 5) is 26.7. The molecule has 0 radical (unpaired) electrons. The second kappa shape index (κ2) is 8.12. The van der Waals surface area contributed by atoms with Crippen molar-refractivity contribution in [2.45, 2.75) is 25.2 Å². The van der Waals surface area contributed by atoms with E-state index in [0.717, 1.165) is 11.3 Å². The van der Waals surface area contributed by atoms with E-state index in [0.29, 0.717) is 18.8 Å². The van der Waals surface area contributed by atoms with Gasteiger partial charge >= 0.3 is 0 Å². The molecule has 2 aromatic carbocycles. The molecular weight excluding hydrogens is 378 g/mol. The first-order valence-corrected chi connectivity index (χ1v) is 10.6. The number of nitrogens with one attached hydrogen (secondary N) is 2. The molecule has 2 aromatic rings. The molecule has 1 aliphatic rings. The fourth-order valence-corrected chi connectivity index (χ4v) is 4.26. The summed E-state index contributed by atoms with van der Waals surface area (Å²) in [5.74, 6) is -0.800. The zero-order valence-electron chi connectivity index (χ0n) is 15.8. The molecule has 1 atom stereocenters. The molecule has 1 fully saturated rings. The largest absolute Gasteiger partial charge is 0.326 e. The van der Waals surface area contributed by atoms with Gasteiger partial charge in [0.2, 0.25) is 21.8 Å². The van der Waals surface area contributed by atoms with Crippen LogP contribution >= 0.6 is 0 Å². The highest BCUT2D eigenvalue weighted by Crippen LogP contribution is 2.28. The van der Waals surface area contributed by atoms with Crippen LogP contribution in [0.5, 0.6) is 0 Å². The first-order valence-electron chi connectivity index (χ1n) is 9.08. The summed E-state index contributed by atoms with van der Waals surface area (Å²) >= 11 is 0. The number of hydrogen-bond acceptors (Lipinski definition) is 4. The van der Waals surface area contributed by atoms with Crippen molar-refractivity contribution < 1.29 is 18.0 Å². The summed E-state index contributed by atoms with van der Waals surface area (Å²) in [5.41, 5.74) is 2.29. The number of sulfonamides is 1. The molecule has 0 aromatic heterocycles. The van der Waals surface area contributed by atoms with Gasteiger partial charge in [0.05, 0.1) is 10.8 Å². The van der Waals surface area contributed by atoms with Gasteiger partial charge in [-0.1, -0.05) is 25.1 Å². The van der Waals surface area contributed by atoms with E-state index < -0.39 is 15.9 Å². The Morgan fingerprint density at radius 2 is 1.82 bits per heavy atom. The van der Waals surface area contributed by atoms with Crippen molar-refractivity contribution in [1.82, 2.24) is 4.72 Å². The normalized spacial score (nSPS) is 17.0. The lowest BCUT2D eigenvalue weighted by Gasteiger charge is -2.19. The molecule has 8 heteroatoms. The molecule has 0 aliphatic carbocycles. The van der Waals surface area contributed by atoms with Gasteiger partial charge in [-0.25, -0.2) is 13.1 Å². The number of nitrogens with zero attached hydrogens (tertiary/aromatic N) is 1. The zero-order valence-corrected chi connectivity index (χ0v) is 16.6. The number of amides is 2. The van der Waals surface area contributed by atoms with E-state index in [2.05, 4.69) is 10.0 Å². The highest BCUT2D eigenvalue weighted by Gasteiger charge is 2.35. The third kappa shape index (κ3) is 4.23. The van der Waals surface area contributed by atoms with Crippen LogP contribution in [0.2, 0.25) is 0 Å². The summed E-state index contributed by atoms with van der Waals surface area (Å²) in [6, 6.07) is 13.5. The van der Waals surface area contributed by atoms with E-state index in [9.17, 15) is 18.0 Å². The SMILES string of the molecule is CCNS(=O)(=O)c1ccc(NC(=O)C2CC(=O)N(c3ccccc3C)C2)cc1. The molecule has 0 bridgehead atoms. The number of carbonyl (C=O) groups is 2. The molecule has 7 nitrogen and oxygen atoms in total. The average Bonchev–Trinajstić information content (AvgIpc) is 3.04. The molecule has 1 saturated heterocycles. The Hall–Kier alpha value is -2.71. The minimum atomic E-state index is -3.53. The van der Waals surface area contributed by atoms with Gasteiger partial charge in [-0.2, -0.15) is 0 Å². The first-order chi connectivity index (χ1) is 13.3. The van der Waals surface area contributed by atoms with Gasteiger partial charge in [0.1, 0.15) is 0 Å². The minimum Gasteiger partial charge on any atom is -0.326 e. The Kier molecular flexibility index (Phi) is 5.81. The lowest BCUT2D eigenvalue weighted by atomic mass is 10.1. The Morgan fingerprint density at radius 3 is 2.46 bits per heavy atom. The third-order valence-corrected chi connectivity index (χ3v) is 6.23. The molecule has 1 unspecified atom stereocenters. The highest BCUT2D eigenvalue weighted by molar-refractivity contribution is 7.89. The molecule has 2 N–H and O–H groups in total. The first kappa shape index (κ1) is 20.0. The number of anilines is 2. The number of rotatable bonds is 6. The van der Waals surface area contributed by atoms with E-state index in [4.69, 9.17) is 0 Å². The maximum absolute atomic E-state index is 12.6. The fourth-order valence-electron chi connectivity index (χ4n) is 3.22. The second-order valence-corrected chi connectivity index (χ2v) is 8.47. The van der Waals surface area contributed by atoms with Crippen LogP contribution in [0.1, 0.15) is 18.9 Å². The molecule has 0 spiro atoms. The van der Waals surface area contributed by atoms with Crippen molar-refractivity contribution in [3.63, 3.8) is 0 Å². The van der Waals surface area contributed by atoms with Crippen LogP contribution in [0.25, 0.3) is 0 Å². The lowest BCUT2D eigenvalue weighted by molar-refractivity contribution is -0.122. The van der Waals surface area contributed by atoms with Crippen molar-refractivity contribution in [2.24, 2.45) is 5.92 Å². The van der Waals surface area contributed by atoms with Gasteiger partial charge < -0.3 is 10.2 Å². The van der Waals surface area contributed by atoms with Crippen LogP contribution in [0, 0.1) is 12.8 Å². The molecule has 0 saturated carbocycles. The summed E-state index contributed by atoms with van der Waals surface area (Å²) in [6.07, 6.45) is 0.146. The van der Waals surface area contributed by atoms with Crippen molar-refractivity contribution >= 4 is 33.2 Å². The molecule has 1 aliphatic heterocycles. The van der Waals surface area contributed by atoms with Crippen LogP contribution in [-0.4, -0.2) is 33.3 Å². The van der Waals surface area contributed by atoms with Gasteiger partial charge in [-0.15, -0.1) is 0 Å². The van der Waals surface area contributed by atoms with Gasteiger partial charge in [0.15, 0.2) is 0 Å². The zero-order chi connectivity index (χ0) is 20.3. The van der Waals surface area contributed by atoms with Crippen LogP contribution in [0.4, 0.5) is 11.4 Å². The molecule has 148 valence electrons. The Labute approximate surface area is 164 Å². The van der Waals surface area contributed by atoms with Gasteiger partial charge in [-0.3, -0.25) is 9.59 Å². The Balaban J connectivity index is 1.67. The molecule has 1 heterocycles. The maximum Gasteiger partial charge on any atom is 0.240 e. The molecule has 3 rings (SSSR count). The quantitative estimate of drug-likeness (QED) is 0.776. The summed E-state index contributed by atoms with van der Waals surface area (Å²) < 4.78 is 26.4. The van der Waals surface area contributed by atoms with Crippen LogP contribution in [-0.2, 0) is 19.6 Å². The topological polar surface area (TPSA) is 95.6 Å². The average molecular weight is 401 g/mol. The number of hydrogen-bond donors (Lipinski definition) is 2. The van der Waals surface area contributed by atoms with E-state index in [1.807, 2.05) is 31.2 Å². The van der Waals surface area contributed by atoms with Crippen LogP contribution in [0.15, 0.2) is 53.4 Å². The van der Waals surface area contributed by atoms with E-state index in [-0.39, 0.29) is 23.1 Å². The van der Waals surface area contributed by atoms with Gasteiger partial charge in [-0.05, 0) is 42.8 Å². The molecule has 2 amide bonds. The van der Waals surface area contributed by atoms with Crippen molar-refractivity contribution in [3.05, 3.63) is 54.1 Å². The standard InChI is InChI=1S/C20H23N3O4S/c1-3-21-28(26,27)17-10-8-16(9-11-17)22-20(25)15-12-19(24)23(13-15)18-7-5-4-6-14(18)2/h4-11,15,21H,3,12-13H2,1-2H3,(H,22,25). The smallest absolute Gasteiger partial charge is 0.240 e.